The van der Waals surface area contributed by atoms with E-state index in [0.29, 0.717) is 0 Å². The van der Waals surface area contributed by atoms with Gasteiger partial charge in [-0.25, -0.2) is 0 Å². The van der Waals surface area contributed by atoms with Crippen molar-refractivity contribution in [2.45, 2.75) is 18.9 Å². The number of nitrogens with zero attached hydrogens (tertiary/aromatic N) is 1. The van der Waals surface area contributed by atoms with Gasteiger partial charge in [0.05, 0.1) is 0 Å². The van der Waals surface area contributed by atoms with Crippen LogP contribution in [-0.2, 0) is 12.8 Å². The molecule has 0 fully saturated rings. The minimum atomic E-state index is 0.263. The Bertz CT molecular complexity index is 399. The monoisotopic (exact) mass is 233 g/mol. The molecule has 0 aromatic carbocycles. The molecular formula is C12H15N3S. The molecule has 0 bridgehead atoms. The van der Waals surface area contributed by atoms with E-state index in [1.54, 1.807) is 17.5 Å². The van der Waals surface area contributed by atoms with Crippen LogP contribution in [0.15, 0.2) is 41.4 Å². The van der Waals surface area contributed by atoms with Crippen molar-refractivity contribution in [1.29, 1.82) is 0 Å². The fraction of sp³-hybridized carbons (Fsp3) is 0.250. The summed E-state index contributed by atoms with van der Waals surface area (Å²) in [5.74, 6) is 5.57. The first-order valence-electron chi connectivity index (χ1n) is 5.24. The standard InChI is InChI=1S/C12H15N3S/c13-15-12(7-11-3-5-16-9-11)6-10-2-1-4-14-8-10/h1-5,8-9,12,15H,6-7,13H2. The predicted molar refractivity (Wildman–Crippen MR) is 67.1 cm³/mol. The van der Waals surface area contributed by atoms with E-state index in [1.807, 2.05) is 12.3 Å². The van der Waals surface area contributed by atoms with Crippen molar-refractivity contribution in [3.05, 3.63) is 52.5 Å². The number of pyridine rings is 1. The second-order valence-corrected chi connectivity index (χ2v) is 4.54. The summed E-state index contributed by atoms with van der Waals surface area (Å²) < 4.78 is 0. The summed E-state index contributed by atoms with van der Waals surface area (Å²) in [5, 5.41) is 4.25. The third-order valence-electron chi connectivity index (χ3n) is 2.50. The fourth-order valence-electron chi connectivity index (χ4n) is 1.69. The summed E-state index contributed by atoms with van der Waals surface area (Å²) in [6.07, 6.45) is 5.53. The summed E-state index contributed by atoms with van der Waals surface area (Å²) in [4.78, 5) is 4.10. The smallest absolute Gasteiger partial charge is 0.0300 e. The maximum atomic E-state index is 5.57. The number of hydrazine groups is 1. The largest absolute Gasteiger partial charge is 0.271 e. The average Bonchev–Trinajstić information content (AvgIpc) is 2.82. The summed E-state index contributed by atoms with van der Waals surface area (Å²) in [6.45, 7) is 0. The SMILES string of the molecule is NNC(Cc1cccnc1)Cc1ccsc1. The molecule has 1 unspecified atom stereocenters. The van der Waals surface area contributed by atoms with Crippen LogP contribution in [-0.4, -0.2) is 11.0 Å². The molecule has 2 aromatic heterocycles. The Morgan fingerprint density at radius 3 is 2.81 bits per heavy atom. The van der Waals surface area contributed by atoms with Gasteiger partial charge in [0.2, 0.25) is 0 Å². The minimum Gasteiger partial charge on any atom is -0.271 e. The zero-order chi connectivity index (χ0) is 11.2. The molecule has 0 aliphatic carbocycles. The molecule has 2 heterocycles. The molecule has 0 amide bonds. The first kappa shape index (κ1) is 11.3. The molecule has 0 spiro atoms. The summed E-state index contributed by atoms with van der Waals surface area (Å²) in [7, 11) is 0. The maximum Gasteiger partial charge on any atom is 0.0300 e. The van der Waals surface area contributed by atoms with Gasteiger partial charge in [-0.05, 0) is 46.9 Å². The Hall–Kier alpha value is -1.23. The van der Waals surface area contributed by atoms with Gasteiger partial charge in [-0.3, -0.25) is 16.3 Å². The van der Waals surface area contributed by atoms with E-state index in [-0.39, 0.29) is 6.04 Å². The summed E-state index contributed by atoms with van der Waals surface area (Å²) >= 11 is 1.72. The van der Waals surface area contributed by atoms with Crippen molar-refractivity contribution in [3.8, 4) is 0 Å². The third-order valence-corrected chi connectivity index (χ3v) is 3.23. The van der Waals surface area contributed by atoms with Crippen molar-refractivity contribution in [3.63, 3.8) is 0 Å². The van der Waals surface area contributed by atoms with Crippen LogP contribution in [0.1, 0.15) is 11.1 Å². The number of aromatic nitrogens is 1. The quantitative estimate of drug-likeness (QED) is 0.611. The average molecular weight is 233 g/mol. The van der Waals surface area contributed by atoms with E-state index >= 15 is 0 Å². The zero-order valence-electron chi connectivity index (χ0n) is 8.97. The molecule has 0 saturated heterocycles. The Balaban J connectivity index is 1.96. The molecule has 1 atom stereocenters. The van der Waals surface area contributed by atoms with Gasteiger partial charge in [0, 0.05) is 18.4 Å². The van der Waals surface area contributed by atoms with E-state index in [0.717, 1.165) is 12.8 Å². The molecule has 0 radical (unpaired) electrons. The third kappa shape index (κ3) is 3.13. The molecule has 84 valence electrons. The van der Waals surface area contributed by atoms with Crippen LogP contribution in [0.5, 0.6) is 0 Å². The number of rotatable bonds is 5. The van der Waals surface area contributed by atoms with Gasteiger partial charge in [0.1, 0.15) is 0 Å². The highest BCUT2D eigenvalue weighted by molar-refractivity contribution is 7.07. The molecule has 0 aliphatic rings. The number of thiophene rings is 1. The molecular weight excluding hydrogens is 218 g/mol. The van der Waals surface area contributed by atoms with Crippen molar-refractivity contribution >= 4 is 11.3 Å². The van der Waals surface area contributed by atoms with Gasteiger partial charge in [-0.1, -0.05) is 6.07 Å². The number of hydrogen-bond acceptors (Lipinski definition) is 4. The second-order valence-electron chi connectivity index (χ2n) is 3.76. The van der Waals surface area contributed by atoms with Gasteiger partial charge < -0.3 is 0 Å². The number of nitrogens with two attached hydrogens (primary N) is 1. The van der Waals surface area contributed by atoms with Gasteiger partial charge in [0.15, 0.2) is 0 Å². The Kier molecular flexibility index (Phi) is 4.04. The molecule has 2 aromatic rings. The lowest BCUT2D eigenvalue weighted by atomic mass is 10.0. The van der Waals surface area contributed by atoms with E-state index in [2.05, 4.69) is 33.3 Å². The Morgan fingerprint density at radius 2 is 2.19 bits per heavy atom. The highest BCUT2D eigenvalue weighted by Crippen LogP contribution is 2.11. The summed E-state index contributed by atoms with van der Waals surface area (Å²) in [5.41, 5.74) is 5.41. The molecule has 4 heteroatoms. The van der Waals surface area contributed by atoms with Crippen LogP contribution >= 0.6 is 11.3 Å². The van der Waals surface area contributed by atoms with Crippen molar-refractivity contribution in [2.24, 2.45) is 5.84 Å². The number of hydrogen-bond donors (Lipinski definition) is 2. The molecule has 3 N–H and O–H groups in total. The Morgan fingerprint density at radius 1 is 1.31 bits per heavy atom. The van der Waals surface area contributed by atoms with E-state index < -0.39 is 0 Å². The second kappa shape index (κ2) is 5.75. The predicted octanol–water partition coefficient (Wildman–Crippen LogP) is 1.76. The minimum absolute atomic E-state index is 0.263. The van der Waals surface area contributed by atoms with E-state index in [9.17, 15) is 0 Å². The van der Waals surface area contributed by atoms with Crippen LogP contribution in [0.25, 0.3) is 0 Å². The van der Waals surface area contributed by atoms with Crippen LogP contribution < -0.4 is 11.3 Å². The zero-order valence-corrected chi connectivity index (χ0v) is 9.78. The molecule has 3 nitrogen and oxygen atoms in total. The first-order valence-corrected chi connectivity index (χ1v) is 6.19. The van der Waals surface area contributed by atoms with Crippen molar-refractivity contribution < 1.29 is 0 Å². The van der Waals surface area contributed by atoms with E-state index in [4.69, 9.17) is 5.84 Å². The highest BCUT2D eigenvalue weighted by Gasteiger charge is 2.08. The number of nitrogens with one attached hydrogen (secondary N) is 1. The molecule has 16 heavy (non-hydrogen) atoms. The lowest BCUT2D eigenvalue weighted by molar-refractivity contribution is 0.522. The van der Waals surface area contributed by atoms with Crippen LogP contribution in [0.4, 0.5) is 0 Å². The van der Waals surface area contributed by atoms with Crippen LogP contribution in [0, 0.1) is 0 Å². The highest BCUT2D eigenvalue weighted by atomic mass is 32.1. The molecule has 0 saturated carbocycles. The first-order chi connectivity index (χ1) is 7.88. The van der Waals surface area contributed by atoms with Crippen LogP contribution in [0.3, 0.4) is 0 Å². The van der Waals surface area contributed by atoms with Crippen molar-refractivity contribution in [1.82, 2.24) is 10.4 Å². The van der Waals surface area contributed by atoms with Gasteiger partial charge in [-0.15, -0.1) is 0 Å². The molecule has 2 rings (SSSR count). The summed E-state index contributed by atoms with van der Waals surface area (Å²) in [6, 6.07) is 6.43. The van der Waals surface area contributed by atoms with Crippen molar-refractivity contribution in [2.75, 3.05) is 0 Å². The van der Waals surface area contributed by atoms with Gasteiger partial charge in [-0.2, -0.15) is 11.3 Å². The lowest BCUT2D eigenvalue weighted by Gasteiger charge is -2.14. The normalized spacial score (nSPS) is 12.6. The van der Waals surface area contributed by atoms with Crippen LogP contribution in [0.2, 0.25) is 0 Å². The fourth-order valence-corrected chi connectivity index (χ4v) is 2.37. The molecule has 0 aliphatic heterocycles. The lowest BCUT2D eigenvalue weighted by Crippen LogP contribution is -2.38. The van der Waals surface area contributed by atoms with Gasteiger partial charge in [0.25, 0.3) is 0 Å². The Labute approximate surface area is 99.3 Å². The van der Waals surface area contributed by atoms with Gasteiger partial charge >= 0.3 is 0 Å². The topological polar surface area (TPSA) is 50.9 Å². The maximum absolute atomic E-state index is 5.57. The van der Waals surface area contributed by atoms with E-state index in [1.165, 1.54) is 11.1 Å².